The van der Waals surface area contributed by atoms with Crippen molar-refractivity contribution in [3.8, 4) is 12.3 Å². The van der Waals surface area contributed by atoms with Crippen LogP contribution in [0.1, 0.15) is 24.8 Å². The van der Waals surface area contributed by atoms with Crippen LogP contribution in [-0.2, 0) is 9.59 Å². The third-order valence-corrected chi connectivity index (χ3v) is 3.01. The first-order valence-corrected chi connectivity index (χ1v) is 5.52. The Balaban J connectivity index is 2.29. The van der Waals surface area contributed by atoms with E-state index in [1.165, 1.54) is 4.90 Å². The minimum Gasteiger partial charge on any atom is -0.274 e. The molecule has 86 valence electrons. The van der Waals surface area contributed by atoms with Crippen LogP contribution in [0.3, 0.4) is 0 Å². The second-order valence-corrected chi connectivity index (χ2v) is 4.11. The van der Waals surface area contributed by atoms with Gasteiger partial charge in [0.15, 0.2) is 0 Å². The summed E-state index contributed by atoms with van der Waals surface area (Å²) in [5.41, 5.74) is 0.873. The van der Waals surface area contributed by atoms with E-state index in [4.69, 9.17) is 6.42 Å². The maximum absolute atomic E-state index is 12.1. The summed E-state index contributed by atoms with van der Waals surface area (Å²) >= 11 is 0. The Morgan fingerprint density at radius 2 is 2.00 bits per heavy atom. The van der Waals surface area contributed by atoms with E-state index in [1.54, 1.807) is 6.92 Å². The minimum atomic E-state index is -0.469. The molecule has 1 saturated heterocycles. The van der Waals surface area contributed by atoms with Crippen molar-refractivity contribution in [3.05, 3.63) is 35.9 Å². The van der Waals surface area contributed by atoms with Gasteiger partial charge in [0.05, 0.1) is 12.0 Å². The highest BCUT2D eigenvalue weighted by Crippen LogP contribution is 2.30. The fourth-order valence-electron chi connectivity index (χ4n) is 2.08. The zero-order chi connectivity index (χ0) is 12.4. The van der Waals surface area contributed by atoms with Gasteiger partial charge in [-0.05, 0) is 12.5 Å². The van der Waals surface area contributed by atoms with E-state index in [1.807, 2.05) is 30.3 Å². The summed E-state index contributed by atoms with van der Waals surface area (Å²) in [6, 6.07) is 8.86. The highest BCUT2D eigenvalue weighted by molar-refractivity contribution is 6.06. The number of hydrogen-bond donors (Lipinski definition) is 0. The summed E-state index contributed by atoms with van der Waals surface area (Å²) in [6.45, 7) is 1.68. The van der Waals surface area contributed by atoms with Gasteiger partial charge >= 0.3 is 0 Å². The molecule has 0 radical (unpaired) electrons. The normalized spacial score (nSPS) is 21.4. The lowest BCUT2D eigenvalue weighted by molar-refractivity contribution is -0.139. The number of carbonyl (C=O) groups excluding carboxylic acids is 2. The fraction of sp³-hybridized carbons (Fsp3) is 0.286. The molecule has 3 nitrogen and oxygen atoms in total. The highest BCUT2D eigenvalue weighted by Gasteiger charge is 2.41. The van der Waals surface area contributed by atoms with E-state index in [9.17, 15) is 9.59 Å². The van der Waals surface area contributed by atoms with E-state index < -0.39 is 6.04 Å². The van der Waals surface area contributed by atoms with Crippen LogP contribution in [0.5, 0.6) is 0 Å². The lowest BCUT2D eigenvalue weighted by atomic mass is 9.98. The largest absolute Gasteiger partial charge is 0.274 e. The number of terminal acetylenes is 1. The van der Waals surface area contributed by atoms with Crippen LogP contribution >= 0.6 is 0 Å². The van der Waals surface area contributed by atoms with Crippen molar-refractivity contribution in [3.63, 3.8) is 0 Å². The summed E-state index contributed by atoms with van der Waals surface area (Å²) in [7, 11) is 0. The van der Waals surface area contributed by atoms with Crippen LogP contribution < -0.4 is 0 Å². The quantitative estimate of drug-likeness (QED) is 0.568. The summed E-state index contributed by atoms with van der Waals surface area (Å²) in [5, 5.41) is 0. The molecule has 1 heterocycles. The van der Waals surface area contributed by atoms with Crippen LogP contribution in [0.4, 0.5) is 0 Å². The molecule has 0 aliphatic carbocycles. The SMILES string of the molecule is C#CC(C)N1C(=O)CC(c2ccccc2)C1=O. The molecule has 1 fully saturated rings. The molecule has 1 aromatic rings. The number of rotatable bonds is 2. The third kappa shape index (κ3) is 1.94. The van der Waals surface area contributed by atoms with E-state index in [-0.39, 0.29) is 24.2 Å². The van der Waals surface area contributed by atoms with Gasteiger partial charge in [-0.15, -0.1) is 6.42 Å². The summed E-state index contributed by atoms with van der Waals surface area (Å²) in [4.78, 5) is 25.1. The zero-order valence-corrected chi connectivity index (χ0v) is 9.59. The number of nitrogens with zero attached hydrogens (tertiary/aromatic N) is 1. The summed E-state index contributed by atoms with van der Waals surface area (Å²) < 4.78 is 0. The van der Waals surface area contributed by atoms with Crippen LogP contribution in [-0.4, -0.2) is 22.8 Å². The Morgan fingerprint density at radius 1 is 1.35 bits per heavy atom. The van der Waals surface area contributed by atoms with Crippen molar-refractivity contribution in [2.24, 2.45) is 0 Å². The van der Waals surface area contributed by atoms with E-state index in [0.29, 0.717) is 0 Å². The lowest BCUT2D eigenvalue weighted by Gasteiger charge is -2.18. The average molecular weight is 227 g/mol. The number of imide groups is 1. The highest BCUT2D eigenvalue weighted by atomic mass is 16.2. The number of carbonyl (C=O) groups is 2. The maximum atomic E-state index is 12.1. The molecule has 3 heteroatoms. The van der Waals surface area contributed by atoms with E-state index >= 15 is 0 Å². The molecule has 0 N–H and O–H groups in total. The Kier molecular flexibility index (Phi) is 2.97. The van der Waals surface area contributed by atoms with Crippen molar-refractivity contribution in [1.82, 2.24) is 4.90 Å². The molecule has 0 spiro atoms. The first-order chi connectivity index (χ1) is 8.15. The molecular formula is C14H13NO2. The number of amides is 2. The van der Waals surface area contributed by atoms with Gasteiger partial charge in [0.1, 0.15) is 0 Å². The molecule has 0 bridgehead atoms. The average Bonchev–Trinajstić information content (AvgIpc) is 2.65. The first kappa shape index (κ1) is 11.4. The monoisotopic (exact) mass is 227 g/mol. The first-order valence-electron chi connectivity index (χ1n) is 5.52. The predicted octanol–water partition coefficient (Wildman–Crippen LogP) is 1.55. The molecule has 1 aliphatic rings. The fourth-order valence-corrected chi connectivity index (χ4v) is 2.08. The number of likely N-dealkylation sites (tertiary alicyclic amines) is 1. The van der Waals surface area contributed by atoms with Crippen molar-refractivity contribution < 1.29 is 9.59 Å². The van der Waals surface area contributed by atoms with Gasteiger partial charge in [-0.25, -0.2) is 0 Å². The standard InChI is InChI=1S/C14H13NO2/c1-3-10(2)15-13(16)9-12(14(15)17)11-7-5-4-6-8-11/h1,4-8,10,12H,9H2,2H3. The minimum absolute atomic E-state index is 0.186. The van der Waals surface area contributed by atoms with Crippen molar-refractivity contribution in [2.75, 3.05) is 0 Å². The number of hydrogen-bond acceptors (Lipinski definition) is 2. The Labute approximate surface area is 100 Å². The molecule has 1 aliphatic heterocycles. The molecule has 17 heavy (non-hydrogen) atoms. The Bertz CT molecular complexity index is 487. The van der Waals surface area contributed by atoms with Gasteiger partial charge in [-0.2, -0.15) is 0 Å². The van der Waals surface area contributed by atoms with Crippen LogP contribution in [0, 0.1) is 12.3 Å². The van der Waals surface area contributed by atoms with Gasteiger partial charge in [0, 0.05) is 6.42 Å². The molecule has 0 aromatic heterocycles. The maximum Gasteiger partial charge on any atom is 0.238 e. The van der Waals surface area contributed by atoms with Gasteiger partial charge in [0.25, 0.3) is 0 Å². The van der Waals surface area contributed by atoms with Crippen LogP contribution in [0.2, 0.25) is 0 Å². The molecule has 1 aromatic carbocycles. The lowest BCUT2D eigenvalue weighted by Crippen LogP contribution is -2.37. The number of benzene rings is 1. The predicted molar refractivity (Wildman–Crippen MR) is 63.9 cm³/mol. The zero-order valence-electron chi connectivity index (χ0n) is 9.59. The molecule has 2 amide bonds. The Hall–Kier alpha value is -2.08. The summed E-state index contributed by atoms with van der Waals surface area (Å²) in [5.74, 6) is 1.67. The van der Waals surface area contributed by atoms with Gasteiger partial charge in [0.2, 0.25) is 11.8 Å². The van der Waals surface area contributed by atoms with Crippen molar-refractivity contribution in [1.29, 1.82) is 0 Å². The van der Waals surface area contributed by atoms with Crippen LogP contribution in [0.15, 0.2) is 30.3 Å². The molecule has 0 saturated carbocycles. The van der Waals surface area contributed by atoms with Gasteiger partial charge in [-0.3, -0.25) is 14.5 Å². The second-order valence-electron chi connectivity index (χ2n) is 4.11. The van der Waals surface area contributed by atoms with Gasteiger partial charge < -0.3 is 0 Å². The Morgan fingerprint density at radius 3 is 2.59 bits per heavy atom. The third-order valence-electron chi connectivity index (χ3n) is 3.01. The smallest absolute Gasteiger partial charge is 0.238 e. The van der Waals surface area contributed by atoms with Gasteiger partial charge in [-0.1, -0.05) is 36.3 Å². The summed E-state index contributed by atoms with van der Waals surface area (Å²) in [6.07, 6.45) is 5.48. The van der Waals surface area contributed by atoms with Crippen molar-refractivity contribution in [2.45, 2.75) is 25.3 Å². The van der Waals surface area contributed by atoms with Crippen molar-refractivity contribution >= 4 is 11.8 Å². The van der Waals surface area contributed by atoms with Crippen LogP contribution in [0.25, 0.3) is 0 Å². The molecular weight excluding hydrogens is 214 g/mol. The molecule has 2 atom stereocenters. The molecule has 2 unspecified atom stereocenters. The van der Waals surface area contributed by atoms with E-state index in [0.717, 1.165) is 5.56 Å². The van der Waals surface area contributed by atoms with E-state index in [2.05, 4.69) is 5.92 Å². The second kappa shape index (κ2) is 4.42. The molecule has 2 rings (SSSR count). The topological polar surface area (TPSA) is 37.4 Å².